The number of carboxylic acid groups (broad SMARTS) is 1. The smallest absolute Gasteiger partial charge is 0.335 e. The van der Waals surface area contributed by atoms with E-state index in [0.29, 0.717) is 25.2 Å². The van der Waals surface area contributed by atoms with E-state index in [1.54, 1.807) is 24.4 Å². The summed E-state index contributed by atoms with van der Waals surface area (Å²) in [5.74, 6) is -0.632. The van der Waals surface area contributed by atoms with Crippen LogP contribution in [0.25, 0.3) is 0 Å². The van der Waals surface area contributed by atoms with Crippen LogP contribution in [0.15, 0.2) is 48.7 Å². The molecule has 0 aliphatic carbocycles. The molecular formula is C21H25N3O3. The maximum Gasteiger partial charge on any atom is 0.335 e. The van der Waals surface area contributed by atoms with Crippen LogP contribution < -0.4 is 0 Å². The molecule has 142 valence electrons. The Hall–Kier alpha value is -2.73. The van der Waals surface area contributed by atoms with Gasteiger partial charge in [-0.25, -0.2) is 4.79 Å². The second-order valence-corrected chi connectivity index (χ2v) is 7.10. The van der Waals surface area contributed by atoms with Gasteiger partial charge in [-0.1, -0.05) is 18.2 Å². The first kappa shape index (κ1) is 19.0. The molecule has 1 aliphatic heterocycles. The first-order chi connectivity index (χ1) is 13.0. The molecule has 0 saturated carbocycles. The maximum atomic E-state index is 12.7. The van der Waals surface area contributed by atoms with Crippen molar-refractivity contribution in [2.45, 2.75) is 25.3 Å². The first-order valence-electron chi connectivity index (χ1n) is 9.22. The lowest BCUT2D eigenvalue weighted by molar-refractivity contribution is -0.133. The van der Waals surface area contributed by atoms with Crippen molar-refractivity contribution in [2.24, 2.45) is 0 Å². The van der Waals surface area contributed by atoms with E-state index in [1.165, 1.54) is 0 Å². The second-order valence-electron chi connectivity index (χ2n) is 7.10. The van der Waals surface area contributed by atoms with Crippen LogP contribution in [-0.4, -0.2) is 58.4 Å². The van der Waals surface area contributed by atoms with E-state index in [9.17, 15) is 14.7 Å². The van der Waals surface area contributed by atoms with E-state index in [0.717, 1.165) is 30.6 Å². The molecule has 1 atom stereocenters. The van der Waals surface area contributed by atoms with Crippen molar-refractivity contribution in [3.63, 3.8) is 0 Å². The zero-order valence-electron chi connectivity index (χ0n) is 15.5. The zero-order chi connectivity index (χ0) is 19.2. The van der Waals surface area contributed by atoms with E-state index in [-0.39, 0.29) is 11.8 Å². The Kier molecular flexibility index (Phi) is 6.19. The quantitative estimate of drug-likeness (QED) is 0.850. The second kappa shape index (κ2) is 8.77. The van der Waals surface area contributed by atoms with E-state index in [1.807, 2.05) is 41.1 Å². The highest BCUT2D eigenvalue weighted by Crippen LogP contribution is 2.27. The molecule has 27 heavy (non-hydrogen) atoms. The number of rotatable bonds is 6. The predicted molar refractivity (Wildman–Crippen MR) is 103 cm³/mol. The van der Waals surface area contributed by atoms with E-state index >= 15 is 0 Å². The fraction of sp³-hybridized carbons (Fsp3) is 0.381. The number of aromatic carboxylic acids is 1. The molecule has 2 aromatic rings. The summed E-state index contributed by atoms with van der Waals surface area (Å²) in [5.41, 5.74) is 2.23. The van der Waals surface area contributed by atoms with Crippen LogP contribution >= 0.6 is 0 Å². The lowest BCUT2D eigenvalue weighted by Crippen LogP contribution is -2.43. The Bertz CT molecular complexity index is 794. The summed E-state index contributed by atoms with van der Waals surface area (Å²) in [5, 5.41) is 9.19. The predicted octanol–water partition coefficient (Wildman–Crippen LogP) is 2.62. The Morgan fingerprint density at radius 1 is 1.26 bits per heavy atom. The first-order valence-corrected chi connectivity index (χ1v) is 9.22. The third-order valence-corrected chi connectivity index (χ3v) is 4.94. The van der Waals surface area contributed by atoms with Gasteiger partial charge in [0.1, 0.15) is 0 Å². The number of carboxylic acids is 1. The molecule has 1 aromatic carbocycles. The van der Waals surface area contributed by atoms with Crippen LogP contribution in [0.5, 0.6) is 0 Å². The molecule has 1 aliphatic rings. The number of carbonyl (C=O) groups excluding carboxylic acids is 1. The van der Waals surface area contributed by atoms with Gasteiger partial charge in [-0.3, -0.25) is 14.7 Å². The lowest BCUT2D eigenvalue weighted by Gasteiger charge is -2.34. The Labute approximate surface area is 159 Å². The summed E-state index contributed by atoms with van der Waals surface area (Å²) >= 11 is 0. The molecule has 0 spiro atoms. The minimum Gasteiger partial charge on any atom is -0.478 e. The number of hydrogen-bond acceptors (Lipinski definition) is 4. The molecule has 0 bridgehead atoms. The van der Waals surface area contributed by atoms with Gasteiger partial charge in [0.15, 0.2) is 0 Å². The summed E-state index contributed by atoms with van der Waals surface area (Å²) in [6, 6.07) is 12.8. The standard InChI is InChI=1S/C21H25N3O3/c1-23(14-19-9-2-3-10-22-19)15-20(25)24-11-5-8-18(13-24)16-6-4-7-17(12-16)21(26)27/h2-4,6-7,9-10,12,18H,5,8,11,13-15H2,1H3,(H,26,27). The highest BCUT2D eigenvalue weighted by molar-refractivity contribution is 5.87. The van der Waals surface area contributed by atoms with Gasteiger partial charge >= 0.3 is 5.97 Å². The summed E-state index contributed by atoms with van der Waals surface area (Å²) < 4.78 is 0. The number of aromatic nitrogens is 1. The van der Waals surface area contributed by atoms with Gasteiger partial charge in [0.25, 0.3) is 0 Å². The van der Waals surface area contributed by atoms with Crippen LogP contribution in [0, 0.1) is 0 Å². The monoisotopic (exact) mass is 367 g/mol. The van der Waals surface area contributed by atoms with Crippen molar-refractivity contribution in [3.05, 3.63) is 65.5 Å². The van der Waals surface area contributed by atoms with Crippen LogP contribution in [-0.2, 0) is 11.3 Å². The largest absolute Gasteiger partial charge is 0.478 e. The zero-order valence-corrected chi connectivity index (χ0v) is 15.5. The molecule has 1 N–H and O–H groups in total. The molecule has 6 nitrogen and oxygen atoms in total. The van der Waals surface area contributed by atoms with Gasteiger partial charge in [-0.15, -0.1) is 0 Å². The average molecular weight is 367 g/mol. The molecule has 1 amide bonds. The van der Waals surface area contributed by atoms with Crippen molar-refractivity contribution in [3.8, 4) is 0 Å². The minimum absolute atomic E-state index is 0.104. The van der Waals surface area contributed by atoms with Crippen LogP contribution in [0.4, 0.5) is 0 Å². The van der Waals surface area contributed by atoms with Crippen molar-refractivity contribution < 1.29 is 14.7 Å². The molecule has 1 fully saturated rings. The summed E-state index contributed by atoms with van der Waals surface area (Å²) in [6.45, 7) is 2.37. The van der Waals surface area contributed by atoms with Crippen molar-refractivity contribution in [1.82, 2.24) is 14.8 Å². The van der Waals surface area contributed by atoms with E-state index < -0.39 is 5.97 Å². The summed E-state index contributed by atoms with van der Waals surface area (Å²) in [6.07, 6.45) is 3.65. The third kappa shape index (κ3) is 5.14. The van der Waals surface area contributed by atoms with Crippen molar-refractivity contribution in [2.75, 3.05) is 26.7 Å². The number of likely N-dealkylation sites (N-methyl/N-ethyl adjacent to an activating group) is 1. The van der Waals surface area contributed by atoms with Crippen LogP contribution in [0.3, 0.4) is 0 Å². The number of likely N-dealkylation sites (tertiary alicyclic amines) is 1. The highest BCUT2D eigenvalue weighted by atomic mass is 16.4. The maximum absolute atomic E-state index is 12.7. The molecule has 1 saturated heterocycles. The summed E-state index contributed by atoms with van der Waals surface area (Å²) in [7, 11) is 1.92. The third-order valence-electron chi connectivity index (χ3n) is 4.94. The summed E-state index contributed by atoms with van der Waals surface area (Å²) in [4.78, 5) is 32.1. The van der Waals surface area contributed by atoms with E-state index in [2.05, 4.69) is 4.98 Å². The fourth-order valence-electron chi connectivity index (χ4n) is 3.56. The lowest BCUT2D eigenvalue weighted by atomic mass is 9.89. The molecule has 1 unspecified atom stereocenters. The van der Waals surface area contributed by atoms with Gasteiger partial charge in [0.2, 0.25) is 5.91 Å². The number of benzene rings is 1. The number of hydrogen-bond donors (Lipinski definition) is 1. The Balaban J connectivity index is 1.59. The number of nitrogens with zero attached hydrogens (tertiary/aromatic N) is 3. The normalized spacial score (nSPS) is 17.1. The number of carbonyl (C=O) groups is 2. The van der Waals surface area contributed by atoms with Crippen molar-refractivity contribution in [1.29, 1.82) is 0 Å². The van der Waals surface area contributed by atoms with Crippen LogP contribution in [0.1, 0.15) is 40.4 Å². The molecule has 1 aromatic heterocycles. The average Bonchev–Trinajstić information content (AvgIpc) is 2.69. The van der Waals surface area contributed by atoms with Gasteiger partial charge in [0, 0.05) is 31.7 Å². The van der Waals surface area contributed by atoms with Gasteiger partial charge in [0.05, 0.1) is 17.8 Å². The fourth-order valence-corrected chi connectivity index (χ4v) is 3.56. The van der Waals surface area contributed by atoms with Gasteiger partial charge < -0.3 is 10.0 Å². The molecule has 3 rings (SSSR count). The molecular weight excluding hydrogens is 342 g/mol. The van der Waals surface area contributed by atoms with E-state index in [4.69, 9.17) is 0 Å². The molecule has 2 heterocycles. The van der Waals surface area contributed by atoms with Gasteiger partial charge in [-0.05, 0) is 49.7 Å². The molecule has 6 heteroatoms. The number of piperidine rings is 1. The number of amides is 1. The Morgan fingerprint density at radius 2 is 2.11 bits per heavy atom. The van der Waals surface area contributed by atoms with Crippen molar-refractivity contribution >= 4 is 11.9 Å². The van der Waals surface area contributed by atoms with Gasteiger partial charge in [-0.2, -0.15) is 0 Å². The van der Waals surface area contributed by atoms with Crippen LogP contribution in [0.2, 0.25) is 0 Å². The molecule has 0 radical (unpaired) electrons. The highest BCUT2D eigenvalue weighted by Gasteiger charge is 2.25. The minimum atomic E-state index is -0.920. The SMILES string of the molecule is CN(CC(=O)N1CCCC(c2cccc(C(=O)O)c2)C1)Cc1ccccn1. The number of pyridine rings is 1. The topological polar surface area (TPSA) is 73.7 Å². The Morgan fingerprint density at radius 3 is 2.85 bits per heavy atom.